The minimum absolute atomic E-state index is 0.0508. The van der Waals surface area contributed by atoms with Crippen LogP contribution in [0.1, 0.15) is 5.56 Å². The Hall–Kier alpha value is -3.12. The van der Waals surface area contributed by atoms with Gasteiger partial charge in [0.25, 0.3) is 5.91 Å². The van der Waals surface area contributed by atoms with Crippen molar-refractivity contribution >= 4 is 22.5 Å². The van der Waals surface area contributed by atoms with E-state index < -0.39 is 0 Å². The second kappa shape index (κ2) is 7.72. The predicted octanol–water partition coefficient (Wildman–Crippen LogP) is 3.51. The number of ether oxygens (including phenoxy) is 2. The number of aromatic nitrogens is 1. The summed E-state index contributed by atoms with van der Waals surface area (Å²) in [6.07, 6.45) is 0. The number of aryl methyl sites for hydroxylation is 1. The number of carbonyl (C=O) groups excluding carboxylic acids is 1. The molecule has 29 heavy (non-hydrogen) atoms. The van der Waals surface area contributed by atoms with Crippen molar-refractivity contribution in [2.24, 2.45) is 0 Å². The van der Waals surface area contributed by atoms with Crippen molar-refractivity contribution in [2.45, 2.75) is 6.92 Å². The summed E-state index contributed by atoms with van der Waals surface area (Å²) in [5, 5.41) is 1.01. The molecule has 1 aliphatic heterocycles. The van der Waals surface area contributed by atoms with Crippen LogP contribution in [0.25, 0.3) is 22.2 Å². The lowest BCUT2D eigenvalue weighted by Crippen LogP contribution is -2.35. The molecule has 3 aromatic rings. The van der Waals surface area contributed by atoms with E-state index in [-0.39, 0.29) is 12.5 Å². The molecule has 0 fully saturated rings. The Kier molecular flexibility index (Phi) is 5.11. The number of anilines is 1. The first kappa shape index (κ1) is 19.2. The van der Waals surface area contributed by atoms with Crippen molar-refractivity contribution < 1.29 is 14.3 Å². The minimum Gasteiger partial charge on any atom is -0.492 e. The van der Waals surface area contributed by atoms with Gasteiger partial charge in [-0.1, -0.05) is 12.1 Å². The monoisotopic (exact) mass is 391 g/mol. The molecule has 1 aliphatic rings. The maximum atomic E-state index is 11.9. The van der Waals surface area contributed by atoms with Crippen molar-refractivity contribution in [3.05, 3.63) is 48.0 Å². The predicted molar refractivity (Wildman–Crippen MR) is 115 cm³/mol. The molecule has 6 nitrogen and oxygen atoms in total. The maximum absolute atomic E-state index is 11.9. The van der Waals surface area contributed by atoms with Gasteiger partial charge in [-0.25, -0.2) is 4.98 Å². The van der Waals surface area contributed by atoms with Crippen molar-refractivity contribution in [1.29, 1.82) is 0 Å². The van der Waals surface area contributed by atoms with E-state index in [0.717, 1.165) is 45.7 Å². The zero-order chi connectivity index (χ0) is 20.5. The molecule has 0 N–H and O–H groups in total. The minimum atomic E-state index is -0.0508. The third-order valence-corrected chi connectivity index (χ3v) is 5.12. The number of likely N-dealkylation sites (N-methyl/N-ethyl adjacent to an activating group) is 2. The third kappa shape index (κ3) is 3.89. The van der Waals surface area contributed by atoms with E-state index in [9.17, 15) is 4.79 Å². The first-order chi connectivity index (χ1) is 13.9. The zero-order valence-electron chi connectivity index (χ0n) is 17.2. The molecule has 0 saturated heterocycles. The lowest BCUT2D eigenvalue weighted by Gasteiger charge is -2.26. The molecule has 0 atom stereocenters. The van der Waals surface area contributed by atoms with Crippen LogP contribution in [0.3, 0.4) is 0 Å². The van der Waals surface area contributed by atoms with Crippen LogP contribution in [0, 0.1) is 6.92 Å². The lowest BCUT2D eigenvalue weighted by molar-refractivity contribution is -0.120. The van der Waals surface area contributed by atoms with Crippen molar-refractivity contribution in [3.63, 3.8) is 0 Å². The average Bonchev–Trinajstić information content (AvgIpc) is 2.70. The Morgan fingerprint density at radius 1 is 1.21 bits per heavy atom. The number of rotatable bonds is 5. The van der Waals surface area contributed by atoms with Crippen molar-refractivity contribution in [2.75, 3.05) is 45.8 Å². The summed E-state index contributed by atoms with van der Waals surface area (Å²) in [7, 11) is 5.82. The number of amides is 1. The van der Waals surface area contributed by atoms with Gasteiger partial charge >= 0.3 is 0 Å². The molecule has 0 radical (unpaired) electrons. The highest BCUT2D eigenvalue weighted by atomic mass is 16.5. The fourth-order valence-corrected chi connectivity index (χ4v) is 3.40. The van der Waals surface area contributed by atoms with Crippen molar-refractivity contribution in [3.8, 4) is 22.8 Å². The van der Waals surface area contributed by atoms with Gasteiger partial charge in [-0.15, -0.1) is 0 Å². The third-order valence-electron chi connectivity index (χ3n) is 5.12. The fraction of sp³-hybridized carbons (Fsp3) is 0.304. The molecule has 0 aliphatic carbocycles. The molecule has 1 aromatic heterocycles. The summed E-state index contributed by atoms with van der Waals surface area (Å²) in [6.45, 7) is 3.61. The number of benzene rings is 2. The molecule has 0 bridgehead atoms. The van der Waals surface area contributed by atoms with E-state index in [4.69, 9.17) is 14.5 Å². The number of nitrogens with zero attached hydrogens (tertiary/aromatic N) is 3. The van der Waals surface area contributed by atoms with E-state index in [0.29, 0.717) is 12.4 Å². The molecular weight excluding hydrogens is 366 g/mol. The van der Waals surface area contributed by atoms with Gasteiger partial charge in [0, 0.05) is 30.6 Å². The first-order valence-electron chi connectivity index (χ1n) is 9.65. The van der Waals surface area contributed by atoms with Crippen LogP contribution in [0.15, 0.2) is 42.5 Å². The van der Waals surface area contributed by atoms with Crippen LogP contribution < -0.4 is 14.4 Å². The van der Waals surface area contributed by atoms with Gasteiger partial charge < -0.3 is 19.3 Å². The molecule has 2 heterocycles. The molecule has 6 heteroatoms. The standard InChI is InChI=1S/C23H25N3O3/c1-15-10-19(16-6-5-7-17(11-16)28-9-8-25(2)3)24-20-13-22-21(12-18(15)20)26(4)23(27)14-29-22/h5-7,10-13H,8-9,14H2,1-4H3. The molecule has 4 rings (SSSR count). The number of pyridine rings is 1. The molecule has 0 spiro atoms. The second-order valence-electron chi connectivity index (χ2n) is 7.58. The molecule has 2 aromatic carbocycles. The van der Waals surface area contributed by atoms with Crippen LogP contribution in [0.4, 0.5) is 5.69 Å². The molecule has 0 saturated carbocycles. The summed E-state index contributed by atoms with van der Waals surface area (Å²) in [4.78, 5) is 20.5. The van der Waals surface area contributed by atoms with Gasteiger partial charge in [0.05, 0.1) is 16.9 Å². The van der Waals surface area contributed by atoms with E-state index >= 15 is 0 Å². The molecular formula is C23H25N3O3. The summed E-state index contributed by atoms with van der Waals surface area (Å²) < 4.78 is 11.5. The number of fused-ring (bicyclic) bond motifs is 2. The van der Waals surface area contributed by atoms with E-state index in [1.165, 1.54) is 0 Å². The first-order valence-corrected chi connectivity index (χ1v) is 9.65. The normalized spacial score (nSPS) is 13.6. The maximum Gasteiger partial charge on any atom is 0.264 e. The molecule has 150 valence electrons. The summed E-state index contributed by atoms with van der Waals surface area (Å²) >= 11 is 0. The van der Waals surface area contributed by atoms with Crippen LogP contribution in [-0.4, -0.2) is 56.7 Å². The molecule has 0 unspecified atom stereocenters. The highest BCUT2D eigenvalue weighted by molar-refractivity contribution is 6.01. The number of hydrogen-bond donors (Lipinski definition) is 0. The van der Waals surface area contributed by atoms with Crippen molar-refractivity contribution in [1.82, 2.24) is 9.88 Å². The lowest BCUT2D eigenvalue weighted by atomic mass is 10.0. The van der Waals surface area contributed by atoms with E-state index in [1.807, 2.05) is 50.5 Å². The SMILES string of the molecule is Cc1cc(-c2cccc(OCCN(C)C)c2)nc2cc3c(cc12)N(C)C(=O)CO3. The highest BCUT2D eigenvalue weighted by Crippen LogP contribution is 2.37. The topological polar surface area (TPSA) is 54.9 Å². The second-order valence-corrected chi connectivity index (χ2v) is 7.58. The van der Waals surface area contributed by atoms with E-state index in [1.54, 1.807) is 11.9 Å². The smallest absolute Gasteiger partial charge is 0.264 e. The van der Waals surface area contributed by atoms with Gasteiger partial charge in [-0.3, -0.25) is 4.79 Å². The fourth-order valence-electron chi connectivity index (χ4n) is 3.40. The quantitative estimate of drug-likeness (QED) is 0.666. The van der Waals surface area contributed by atoms with Crippen LogP contribution in [0.5, 0.6) is 11.5 Å². The van der Waals surface area contributed by atoms with Gasteiger partial charge in [0.2, 0.25) is 0 Å². The number of hydrogen-bond acceptors (Lipinski definition) is 5. The Labute approximate surface area is 170 Å². The largest absolute Gasteiger partial charge is 0.492 e. The summed E-state index contributed by atoms with van der Waals surface area (Å²) in [6, 6.07) is 14.0. The summed E-state index contributed by atoms with van der Waals surface area (Å²) in [5.74, 6) is 1.47. The Bertz CT molecular complexity index is 1080. The van der Waals surface area contributed by atoms with Gasteiger partial charge in [0.15, 0.2) is 6.61 Å². The Balaban J connectivity index is 1.70. The van der Waals surface area contributed by atoms with Crippen LogP contribution >= 0.6 is 0 Å². The number of carbonyl (C=O) groups is 1. The van der Waals surface area contributed by atoms with Gasteiger partial charge in [-0.2, -0.15) is 0 Å². The van der Waals surface area contributed by atoms with Crippen LogP contribution in [0.2, 0.25) is 0 Å². The van der Waals surface area contributed by atoms with Gasteiger partial charge in [0.1, 0.15) is 18.1 Å². The van der Waals surface area contributed by atoms with Gasteiger partial charge in [-0.05, 0) is 50.8 Å². The average molecular weight is 391 g/mol. The zero-order valence-corrected chi connectivity index (χ0v) is 17.2. The molecule has 1 amide bonds. The van der Waals surface area contributed by atoms with Crippen LogP contribution in [-0.2, 0) is 4.79 Å². The summed E-state index contributed by atoms with van der Waals surface area (Å²) in [5.41, 5.74) is 4.61. The highest BCUT2D eigenvalue weighted by Gasteiger charge is 2.23. The Morgan fingerprint density at radius 2 is 2.03 bits per heavy atom. The Morgan fingerprint density at radius 3 is 2.83 bits per heavy atom. The van der Waals surface area contributed by atoms with E-state index in [2.05, 4.69) is 17.9 Å².